The molecule has 0 aliphatic carbocycles. The molecule has 0 fully saturated rings. The minimum Gasteiger partial charge on any atom is -0.487 e. The van der Waals surface area contributed by atoms with Crippen molar-refractivity contribution in [3.63, 3.8) is 0 Å². The van der Waals surface area contributed by atoms with Crippen LogP contribution in [0, 0.1) is 6.92 Å². The molecule has 0 atom stereocenters. The zero-order valence-electron chi connectivity index (χ0n) is 10.5. The molecule has 3 heteroatoms. The Morgan fingerprint density at radius 3 is 2.67 bits per heavy atom. The Morgan fingerprint density at radius 2 is 1.94 bits per heavy atom. The number of pyridine rings is 1. The van der Waals surface area contributed by atoms with Crippen molar-refractivity contribution < 1.29 is 9.53 Å². The number of rotatable bonds is 4. The Kier molecular flexibility index (Phi) is 3.72. The lowest BCUT2D eigenvalue weighted by Gasteiger charge is -2.09. The Morgan fingerprint density at radius 1 is 1.17 bits per heavy atom. The van der Waals surface area contributed by atoms with E-state index in [1.165, 1.54) is 6.92 Å². The highest BCUT2D eigenvalue weighted by Gasteiger charge is 2.07. The number of ether oxygens (including phenoxy) is 1. The van der Waals surface area contributed by atoms with Gasteiger partial charge in [-0.1, -0.05) is 18.2 Å². The first-order chi connectivity index (χ1) is 8.66. The van der Waals surface area contributed by atoms with Gasteiger partial charge in [0.1, 0.15) is 12.4 Å². The molecule has 0 aliphatic rings. The molecule has 0 amide bonds. The summed E-state index contributed by atoms with van der Waals surface area (Å²) >= 11 is 0. The van der Waals surface area contributed by atoms with Gasteiger partial charge >= 0.3 is 0 Å². The highest BCUT2D eigenvalue weighted by atomic mass is 16.5. The highest BCUT2D eigenvalue weighted by Crippen LogP contribution is 2.19. The first-order valence-electron chi connectivity index (χ1n) is 5.82. The van der Waals surface area contributed by atoms with Crippen LogP contribution in [0.25, 0.3) is 0 Å². The lowest BCUT2D eigenvalue weighted by atomic mass is 10.1. The van der Waals surface area contributed by atoms with Crippen molar-refractivity contribution in [1.82, 2.24) is 4.98 Å². The van der Waals surface area contributed by atoms with E-state index < -0.39 is 0 Å². The average molecular weight is 241 g/mol. The molecule has 0 saturated heterocycles. The number of carbonyl (C=O) groups is 1. The van der Waals surface area contributed by atoms with Gasteiger partial charge in [-0.2, -0.15) is 0 Å². The van der Waals surface area contributed by atoms with Crippen LogP contribution in [0.15, 0.2) is 42.5 Å². The zero-order chi connectivity index (χ0) is 13.0. The summed E-state index contributed by atoms with van der Waals surface area (Å²) in [5, 5.41) is 0. The van der Waals surface area contributed by atoms with E-state index in [9.17, 15) is 4.79 Å². The molecule has 2 aromatic rings. The number of carbonyl (C=O) groups excluding carboxylic acids is 1. The van der Waals surface area contributed by atoms with Gasteiger partial charge in [0.2, 0.25) is 0 Å². The molecule has 2 rings (SSSR count). The van der Waals surface area contributed by atoms with Gasteiger partial charge in [-0.15, -0.1) is 0 Å². The van der Waals surface area contributed by atoms with E-state index in [4.69, 9.17) is 4.74 Å². The molecule has 92 valence electrons. The summed E-state index contributed by atoms with van der Waals surface area (Å²) in [7, 11) is 0. The molecular formula is C15H15NO2. The fraction of sp³-hybridized carbons (Fsp3) is 0.200. The van der Waals surface area contributed by atoms with Crippen LogP contribution in [0.2, 0.25) is 0 Å². The summed E-state index contributed by atoms with van der Waals surface area (Å²) in [5.74, 6) is 0.608. The van der Waals surface area contributed by atoms with Gasteiger partial charge in [-0.3, -0.25) is 9.78 Å². The van der Waals surface area contributed by atoms with Crippen molar-refractivity contribution in [2.45, 2.75) is 20.5 Å². The number of hydrogen-bond acceptors (Lipinski definition) is 3. The van der Waals surface area contributed by atoms with Crippen molar-refractivity contribution in [1.29, 1.82) is 0 Å². The van der Waals surface area contributed by atoms with E-state index in [1.807, 2.05) is 37.3 Å². The molecule has 0 radical (unpaired) electrons. The van der Waals surface area contributed by atoms with E-state index in [0.717, 1.165) is 11.4 Å². The third kappa shape index (κ3) is 2.94. The molecule has 0 saturated carbocycles. The van der Waals surface area contributed by atoms with Crippen molar-refractivity contribution >= 4 is 5.78 Å². The maximum Gasteiger partial charge on any atom is 0.163 e. The van der Waals surface area contributed by atoms with Crippen molar-refractivity contribution in [3.05, 3.63) is 59.4 Å². The molecule has 18 heavy (non-hydrogen) atoms. The van der Waals surface area contributed by atoms with Crippen molar-refractivity contribution in [2.75, 3.05) is 0 Å². The van der Waals surface area contributed by atoms with Crippen LogP contribution >= 0.6 is 0 Å². The van der Waals surface area contributed by atoms with Crippen LogP contribution in [0.5, 0.6) is 5.75 Å². The van der Waals surface area contributed by atoms with Gasteiger partial charge in [-0.05, 0) is 38.1 Å². The van der Waals surface area contributed by atoms with Crippen LogP contribution < -0.4 is 4.74 Å². The van der Waals surface area contributed by atoms with Crippen LogP contribution in [-0.4, -0.2) is 10.8 Å². The maximum absolute atomic E-state index is 11.4. The second-order valence-electron chi connectivity index (χ2n) is 4.11. The van der Waals surface area contributed by atoms with Gasteiger partial charge < -0.3 is 4.74 Å². The quantitative estimate of drug-likeness (QED) is 0.772. The molecule has 1 aromatic carbocycles. The largest absolute Gasteiger partial charge is 0.487 e. The third-order valence-electron chi connectivity index (χ3n) is 2.59. The summed E-state index contributed by atoms with van der Waals surface area (Å²) < 4.78 is 5.66. The predicted octanol–water partition coefficient (Wildman–Crippen LogP) is 3.17. The van der Waals surface area contributed by atoms with Crippen LogP contribution in [0.1, 0.15) is 28.7 Å². The highest BCUT2D eigenvalue weighted by molar-refractivity contribution is 5.96. The molecule has 0 bridgehead atoms. The number of para-hydroxylation sites is 1. The van der Waals surface area contributed by atoms with Crippen LogP contribution in [0.3, 0.4) is 0 Å². The topological polar surface area (TPSA) is 39.2 Å². The number of aromatic nitrogens is 1. The Labute approximate surface area is 106 Å². The van der Waals surface area contributed by atoms with Crippen LogP contribution in [-0.2, 0) is 6.61 Å². The second-order valence-corrected chi connectivity index (χ2v) is 4.11. The van der Waals surface area contributed by atoms with Gasteiger partial charge in [0, 0.05) is 5.69 Å². The van der Waals surface area contributed by atoms with Crippen LogP contribution in [0.4, 0.5) is 0 Å². The van der Waals surface area contributed by atoms with Gasteiger partial charge in [0.15, 0.2) is 5.78 Å². The Bertz CT molecular complexity index is 564. The molecule has 3 nitrogen and oxygen atoms in total. The molecule has 0 spiro atoms. The molecular weight excluding hydrogens is 226 g/mol. The fourth-order valence-corrected chi connectivity index (χ4v) is 1.71. The van der Waals surface area contributed by atoms with E-state index in [0.29, 0.717) is 17.9 Å². The predicted molar refractivity (Wildman–Crippen MR) is 69.8 cm³/mol. The normalized spacial score (nSPS) is 10.1. The first-order valence-corrected chi connectivity index (χ1v) is 5.82. The molecule has 0 unspecified atom stereocenters. The smallest absolute Gasteiger partial charge is 0.163 e. The third-order valence-corrected chi connectivity index (χ3v) is 2.59. The monoisotopic (exact) mass is 241 g/mol. The van der Waals surface area contributed by atoms with E-state index in [1.54, 1.807) is 12.1 Å². The van der Waals surface area contributed by atoms with E-state index in [-0.39, 0.29) is 5.78 Å². The minimum absolute atomic E-state index is 0.00259. The summed E-state index contributed by atoms with van der Waals surface area (Å²) in [5.41, 5.74) is 2.41. The molecule has 1 aromatic heterocycles. The summed E-state index contributed by atoms with van der Waals surface area (Å²) in [6.07, 6.45) is 0. The minimum atomic E-state index is 0.00259. The number of ketones is 1. The van der Waals surface area contributed by atoms with Gasteiger partial charge in [-0.25, -0.2) is 0 Å². The average Bonchev–Trinajstić information content (AvgIpc) is 2.37. The zero-order valence-corrected chi connectivity index (χ0v) is 10.5. The second kappa shape index (κ2) is 5.45. The number of nitrogens with zero attached hydrogens (tertiary/aromatic N) is 1. The fourth-order valence-electron chi connectivity index (χ4n) is 1.71. The Balaban J connectivity index is 2.13. The van der Waals surface area contributed by atoms with Gasteiger partial charge in [0.05, 0.1) is 11.3 Å². The lowest BCUT2D eigenvalue weighted by molar-refractivity contribution is 0.101. The maximum atomic E-state index is 11.4. The van der Waals surface area contributed by atoms with Crippen molar-refractivity contribution in [2.24, 2.45) is 0 Å². The number of Topliss-reactive ketones (excluding diaryl/α,β-unsaturated/α-hetero) is 1. The number of hydrogen-bond donors (Lipinski definition) is 0. The molecule has 1 heterocycles. The van der Waals surface area contributed by atoms with E-state index in [2.05, 4.69) is 4.98 Å². The summed E-state index contributed by atoms with van der Waals surface area (Å²) in [4.78, 5) is 15.8. The SMILES string of the molecule is CC(=O)c1ccccc1OCc1cccc(C)n1. The lowest BCUT2D eigenvalue weighted by Crippen LogP contribution is -2.03. The number of aryl methyl sites for hydroxylation is 1. The Hall–Kier alpha value is -2.16. The van der Waals surface area contributed by atoms with E-state index >= 15 is 0 Å². The summed E-state index contributed by atoms with van der Waals surface area (Å²) in [6.45, 7) is 3.84. The standard InChI is InChI=1S/C15H15NO2/c1-11-6-5-7-13(16-11)10-18-15-9-4-3-8-14(15)12(2)17/h3-9H,10H2,1-2H3. The molecule has 0 N–H and O–H groups in total. The summed E-state index contributed by atoms with van der Waals surface area (Å²) in [6, 6.07) is 13.0. The van der Waals surface area contributed by atoms with Crippen molar-refractivity contribution in [3.8, 4) is 5.75 Å². The number of benzene rings is 1. The van der Waals surface area contributed by atoms with Gasteiger partial charge in [0.25, 0.3) is 0 Å². The first kappa shape index (κ1) is 12.3. The molecule has 0 aliphatic heterocycles.